The molecule has 0 bridgehead atoms. The molecule has 0 saturated carbocycles. The van der Waals surface area contributed by atoms with Gasteiger partial charge in [0.1, 0.15) is 24.3 Å². The second kappa shape index (κ2) is 13.4. The van der Waals surface area contributed by atoms with E-state index < -0.39 is 19.8 Å². The van der Waals surface area contributed by atoms with Crippen molar-refractivity contribution in [2.75, 3.05) is 27.6 Å². The Morgan fingerprint density at radius 3 is 2.00 bits per heavy atom. The number of rotatable bonds is 13. The highest BCUT2D eigenvalue weighted by Crippen LogP contribution is 2.45. The predicted octanol–water partition coefficient (Wildman–Crippen LogP) is 6.98. The maximum absolute atomic E-state index is 7.20. The summed E-state index contributed by atoms with van der Waals surface area (Å²) in [6, 6.07) is 21.4. The molecule has 210 valence electrons. The maximum Gasteiger partial charge on any atom is 0.261 e. The standard InChI is InChI=1S/C32H42BrNO4Si/c1-9-32(6,30(37-23-35-7)28-29(36-8)24(2)27(33)22-34-28)20-21-38-39(31(3,4)5,25-16-12-10-13-17-25)26-18-14-11-15-19-26/h9-19,22,30H,1,20-21,23H2,2-8H3. The fourth-order valence-electron chi connectivity index (χ4n) is 5.27. The number of aromatic nitrogens is 1. The second-order valence-electron chi connectivity index (χ2n) is 11.1. The predicted molar refractivity (Wildman–Crippen MR) is 165 cm³/mol. The third-order valence-electron chi connectivity index (χ3n) is 7.49. The lowest BCUT2D eigenvalue weighted by molar-refractivity contribution is -0.112. The number of benzene rings is 2. The molecule has 0 N–H and O–H groups in total. The molecule has 0 aliphatic carbocycles. The Balaban J connectivity index is 2.04. The molecule has 0 amide bonds. The van der Waals surface area contributed by atoms with Gasteiger partial charge in [-0.2, -0.15) is 0 Å². The molecule has 5 nitrogen and oxygen atoms in total. The molecule has 3 rings (SSSR count). The molecule has 2 atom stereocenters. The molecule has 0 saturated heterocycles. The van der Waals surface area contributed by atoms with Crippen LogP contribution in [0.3, 0.4) is 0 Å². The van der Waals surface area contributed by atoms with E-state index in [9.17, 15) is 0 Å². The molecule has 2 unspecified atom stereocenters. The number of hydrogen-bond donors (Lipinski definition) is 0. The fourth-order valence-corrected chi connectivity index (χ4v) is 10.1. The normalized spacial score (nSPS) is 14.5. The number of pyridine rings is 1. The molecule has 0 spiro atoms. The van der Waals surface area contributed by atoms with E-state index in [4.69, 9.17) is 23.6 Å². The van der Waals surface area contributed by atoms with Crippen molar-refractivity contribution >= 4 is 34.6 Å². The fraction of sp³-hybridized carbons (Fsp3) is 0.406. The van der Waals surface area contributed by atoms with Gasteiger partial charge >= 0.3 is 0 Å². The Hall–Kier alpha value is -2.29. The van der Waals surface area contributed by atoms with Gasteiger partial charge in [-0.1, -0.05) is 94.4 Å². The zero-order chi connectivity index (χ0) is 28.7. The number of nitrogens with zero attached hydrogens (tertiary/aromatic N) is 1. The van der Waals surface area contributed by atoms with Crippen LogP contribution in [0, 0.1) is 12.3 Å². The van der Waals surface area contributed by atoms with Gasteiger partial charge in [-0.3, -0.25) is 4.98 Å². The summed E-state index contributed by atoms with van der Waals surface area (Å²) in [5.41, 5.74) is 1.15. The Morgan fingerprint density at radius 1 is 0.974 bits per heavy atom. The number of hydrogen-bond acceptors (Lipinski definition) is 5. The van der Waals surface area contributed by atoms with Crippen LogP contribution in [0.4, 0.5) is 0 Å². The van der Waals surface area contributed by atoms with Crippen LogP contribution in [0.15, 0.2) is 84.0 Å². The van der Waals surface area contributed by atoms with Crippen LogP contribution >= 0.6 is 15.9 Å². The van der Waals surface area contributed by atoms with E-state index >= 15 is 0 Å². The first-order chi connectivity index (χ1) is 18.6. The molecular formula is C32H42BrNO4Si. The number of methoxy groups -OCH3 is 2. The van der Waals surface area contributed by atoms with Crippen molar-refractivity contribution in [3.8, 4) is 5.75 Å². The van der Waals surface area contributed by atoms with Gasteiger partial charge < -0.3 is 18.6 Å². The molecule has 3 aromatic rings. The average molecular weight is 613 g/mol. The summed E-state index contributed by atoms with van der Waals surface area (Å²) < 4.78 is 25.5. The van der Waals surface area contributed by atoms with Gasteiger partial charge in [0.05, 0.1) is 7.11 Å². The lowest BCUT2D eigenvalue weighted by Crippen LogP contribution is -2.66. The van der Waals surface area contributed by atoms with Crippen LogP contribution in [0.2, 0.25) is 5.04 Å². The minimum Gasteiger partial charge on any atom is -0.494 e. The summed E-state index contributed by atoms with van der Waals surface area (Å²) >= 11 is 3.57. The maximum atomic E-state index is 7.20. The minimum atomic E-state index is -2.68. The third-order valence-corrected chi connectivity index (χ3v) is 13.3. The van der Waals surface area contributed by atoms with Crippen LogP contribution in [-0.4, -0.2) is 40.9 Å². The van der Waals surface area contributed by atoms with Crippen LogP contribution in [-0.2, 0) is 13.9 Å². The summed E-state index contributed by atoms with van der Waals surface area (Å²) in [6.45, 7) is 15.8. The van der Waals surface area contributed by atoms with E-state index in [1.165, 1.54) is 10.4 Å². The number of halogens is 1. The summed E-state index contributed by atoms with van der Waals surface area (Å²) in [7, 11) is 0.593. The summed E-state index contributed by atoms with van der Waals surface area (Å²) in [4.78, 5) is 4.74. The molecule has 1 aromatic heterocycles. The third kappa shape index (κ3) is 6.55. The van der Waals surface area contributed by atoms with Gasteiger partial charge in [-0.05, 0) is 44.7 Å². The zero-order valence-corrected chi connectivity index (χ0v) is 26.9. The molecule has 7 heteroatoms. The van der Waals surface area contributed by atoms with Gasteiger partial charge in [-0.25, -0.2) is 0 Å². The highest BCUT2D eigenvalue weighted by molar-refractivity contribution is 9.10. The first kappa shape index (κ1) is 31.2. The molecule has 1 heterocycles. The van der Waals surface area contributed by atoms with Crippen LogP contribution in [0.1, 0.15) is 51.5 Å². The largest absolute Gasteiger partial charge is 0.494 e. The first-order valence-electron chi connectivity index (χ1n) is 13.2. The quantitative estimate of drug-likeness (QED) is 0.118. The van der Waals surface area contributed by atoms with E-state index in [-0.39, 0.29) is 11.8 Å². The smallest absolute Gasteiger partial charge is 0.261 e. The Labute approximate surface area is 243 Å². The molecule has 39 heavy (non-hydrogen) atoms. The summed E-state index contributed by atoms with van der Waals surface area (Å²) in [5, 5.41) is 2.39. The van der Waals surface area contributed by atoms with E-state index in [0.29, 0.717) is 24.5 Å². The van der Waals surface area contributed by atoms with Gasteiger partial charge in [0, 0.05) is 35.4 Å². The van der Waals surface area contributed by atoms with Crippen LogP contribution < -0.4 is 15.1 Å². The highest BCUT2D eigenvalue weighted by Gasteiger charge is 2.50. The van der Waals surface area contributed by atoms with Gasteiger partial charge in [0.25, 0.3) is 8.32 Å². The summed E-state index contributed by atoms with van der Waals surface area (Å²) in [6.07, 6.45) is 3.94. The Morgan fingerprint density at radius 2 is 1.54 bits per heavy atom. The van der Waals surface area contributed by atoms with Crippen molar-refractivity contribution < 1.29 is 18.6 Å². The molecule has 0 radical (unpaired) electrons. The van der Waals surface area contributed by atoms with Gasteiger partial charge in [-0.15, -0.1) is 6.58 Å². The topological polar surface area (TPSA) is 49.8 Å². The van der Waals surface area contributed by atoms with Gasteiger partial charge in [0.2, 0.25) is 0 Å². The SMILES string of the molecule is C=CC(C)(CCO[Si](c1ccccc1)(c1ccccc1)C(C)(C)C)C(OCOC)c1ncc(Br)c(C)c1OC. The molecule has 0 aliphatic rings. The average Bonchev–Trinajstić information content (AvgIpc) is 2.93. The van der Waals surface area contributed by atoms with E-state index in [1.807, 2.05) is 13.0 Å². The summed E-state index contributed by atoms with van der Waals surface area (Å²) in [5.74, 6) is 0.687. The van der Waals surface area contributed by atoms with E-state index in [2.05, 4.69) is 111 Å². The van der Waals surface area contributed by atoms with Gasteiger partial charge in [0.15, 0.2) is 0 Å². The van der Waals surface area contributed by atoms with Crippen molar-refractivity contribution in [2.24, 2.45) is 5.41 Å². The zero-order valence-electron chi connectivity index (χ0n) is 24.3. The molecule has 0 aliphatic heterocycles. The lowest BCUT2D eigenvalue weighted by Gasteiger charge is -2.44. The van der Waals surface area contributed by atoms with Crippen molar-refractivity contribution in [1.29, 1.82) is 0 Å². The molecular weight excluding hydrogens is 570 g/mol. The Bertz CT molecular complexity index is 1180. The molecule has 2 aromatic carbocycles. The first-order valence-corrected chi connectivity index (χ1v) is 15.9. The monoisotopic (exact) mass is 611 g/mol. The lowest BCUT2D eigenvalue weighted by atomic mass is 9.79. The van der Waals surface area contributed by atoms with Crippen molar-refractivity contribution in [3.05, 3.63) is 95.2 Å². The van der Waals surface area contributed by atoms with Crippen LogP contribution in [0.5, 0.6) is 5.75 Å². The van der Waals surface area contributed by atoms with Crippen molar-refractivity contribution in [1.82, 2.24) is 4.98 Å². The minimum absolute atomic E-state index is 0.111. The van der Waals surface area contributed by atoms with Crippen molar-refractivity contribution in [2.45, 2.75) is 52.2 Å². The number of ether oxygens (including phenoxy) is 3. The molecule has 0 fully saturated rings. The Kier molecular flexibility index (Phi) is 10.7. The highest BCUT2D eigenvalue weighted by atomic mass is 79.9. The van der Waals surface area contributed by atoms with Crippen LogP contribution in [0.25, 0.3) is 0 Å². The second-order valence-corrected chi connectivity index (χ2v) is 16.2. The van der Waals surface area contributed by atoms with E-state index in [0.717, 1.165) is 10.0 Å². The van der Waals surface area contributed by atoms with E-state index in [1.54, 1.807) is 20.4 Å². The van der Waals surface area contributed by atoms with Crippen molar-refractivity contribution in [3.63, 3.8) is 0 Å².